The second kappa shape index (κ2) is 12.4. The van der Waals surface area contributed by atoms with Crippen molar-refractivity contribution in [1.29, 1.82) is 0 Å². The van der Waals surface area contributed by atoms with Gasteiger partial charge in [0.1, 0.15) is 0 Å². The van der Waals surface area contributed by atoms with Gasteiger partial charge in [0.2, 0.25) is 0 Å². The predicted molar refractivity (Wildman–Crippen MR) is 134 cm³/mol. The van der Waals surface area contributed by atoms with Crippen LogP contribution in [0.25, 0.3) is 0 Å². The summed E-state index contributed by atoms with van der Waals surface area (Å²) in [5.74, 6) is 0.890. The Bertz CT molecular complexity index is 927. The third kappa shape index (κ3) is 7.17. The lowest BCUT2D eigenvalue weighted by Gasteiger charge is -2.21. The van der Waals surface area contributed by atoms with E-state index in [9.17, 15) is 4.79 Å². The first-order valence-electron chi connectivity index (χ1n) is 9.61. The maximum absolute atomic E-state index is 12.1. The van der Waals surface area contributed by atoms with Crippen molar-refractivity contribution in [3.05, 3.63) is 76.4 Å². The Kier molecular flexibility index (Phi) is 9.88. The van der Waals surface area contributed by atoms with Crippen LogP contribution in [0, 0.1) is 0 Å². The summed E-state index contributed by atoms with van der Waals surface area (Å²) in [6, 6.07) is 15.3. The summed E-state index contributed by atoms with van der Waals surface area (Å²) in [5.41, 5.74) is 1.74. The number of furan rings is 1. The molecule has 0 unspecified atom stereocenters. The van der Waals surface area contributed by atoms with E-state index < -0.39 is 0 Å². The van der Waals surface area contributed by atoms with Gasteiger partial charge in [-0.3, -0.25) is 4.79 Å². The molecule has 0 bridgehead atoms. The number of amides is 1. The Morgan fingerprint density at radius 1 is 1.20 bits per heavy atom. The van der Waals surface area contributed by atoms with Gasteiger partial charge in [0, 0.05) is 30.7 Å². The third-order valence-electron chi connectivity index (χ3n) is 4.31. The molecule has 30 heavy (non-hydrogen) atoms. The number of guanidine groups is 1. The fourth-order valence-corrected chi connectivity index (χ4v) is 3.52. The number of anilines is 1. The number of benzene rings is 1. The van der Waals surface area contributed by atoms with Gasteiger partial charge in [-0.25, -0.2) is 4.99 Å². The molecule has 0 atom stereocenters. The van der Waals surface area contributed by atoms with Gasteiger partial charge in [-0.1, -0.05) is 18.2 Å². The zero-order chi connectivity index (χ0) is 20.5. The molecule has 0 aliphatic carbocycles. The molecule has 2 N–H and O–H groups in total. The number of carbonyl (C=O) groups is 1. The van der Waals surface area contributed by atoms with Gasteiger partial charge in [-0.15, -0.1) is 35.3 Å². The summed E-state index contributed by atoms with van der Waals surface area (Å²) >= 11 is 1.78. The highest BCUT2D eigenvalue weighted by Gasteiger charge is 2.09. The average molecular weight is 538 g/mol. The predicted octanol–water partition coefficient (Wildman–Crippen LogP) is 4.85. The molecule has 6 nitrogen and oxygen atoms in total. The lowest BCUT2D eigenvalue weighted by Crippen LogP contribution is -2.39. The van der Waals surface area contributed by atoms with Gasteiger partial charge in [0.15, 0.2) is 11.7 Å². The number of thiophene rings is 1. The van der Waals surface area contributed by atoms with Gasteiger partial charge in [0.05, 0.1) is 12.8 Å². The standard InChI is InChI=1S/C22H26N4O2S.HI/c1-3-23-22(26(2)12-11-19-9-6-14-29-19)24-16-17-7-4-8-18(15-17)25-21(27)20-10-5-13-28-20;/h4-10,13-15H,3,11-12,16H2,1-2H3,(H,23,24)(H,25,27);1H. The van der Waals surface area contributed by atoms with E-state index in [1.807, 2.05) is 24.3 Å². The quantitative estimate of drug-likeness (QED) is 0.245. The van der Waals surface area contributed by atoms with Gasteiger partial charge >= 0.3 is 0 Å². The molecule has 0 saturated carbocycles. The lowest BCUT2D eigenvalue weighted by atomic mass is 10.2. The van der Waals surface area contributed by atoms with E-state index in [1.54, 1.807) is 23.5 Å². The second-order valence-electron chi connectivity index (χ2n) is 6.55. The molecule has 0 fully saturated rings. The van der Waals surface area contributed by atoms with E-state index in [0.717, 1.165) is 36.7 Å². The third-order valence-corrected chi connectivity index (χ3v) is 5.25. The highest BCUT2D eigenvalue weighted by Crippen LogP contribution is 2.14. The molecule has 160 valence electrons. The zero-order valence-corrected chi connectivity index (χ0v) is 20.3. The molecule has 3 rings (SSSR count). The minimum atomic E-state index is -0.266. The molecular formula is C22H27IN4O2S. The molecule has 3 aromatic rings. The van der Waals surface area contributed by atoms with Crippen LogP contribution in [0.5, 0.6) is 0 Å². The van der Waals surface area contributed by atoms with Crippen LogP contribution in [0.3, 0.4) is 0 Å². The zero-order valence-electron chi connectivity index (χ0n) is 17.1. The fourth-order valence-electron chi connectivity index (χ4n) is 2.82. The molecule has 1 amide bonds. The number of aliphatic imine (C=N–C) groups is 1. The van der Waals surface area contributed by atoms with E-state index in [-0.39, 0.29) is 35.6 Å². The van der Waals surface area contributed by atoms with Crippen molar-refractivity contribution in [3.8, 4) is 0 Å². The molecule has 2 aromatic heterocycles. The second-order valence-corrected chi connectivity index (χ2v) is 7.59. The van der Waals surface area contributed by atoms with Gasteiger partial charge in [-0.05, 0) is 54.6 Å². The molecule has 0 radical (unpaired) electrons. The van der Waals surface area contributed by atoms with Crippen LogP contribution in [-0.2, 0) is 13.0 Å². The van der Waals surface area contributed by atoms with Crippen molar-refractivity contribution in [2.45, 2.75) is 19.9 Å². The normalized spacial score (nSPS) is 10.9. The number of halogens is 1. The molecule has 0 aliphatic rings. The monoisotopic (exact) mass is 538 g/mol. The largest absolute Gasteiger partial charge is 0.459 e. The summed E-state index contributed by atoms with van der Waals surface area (Å²) in [7, 11) is 2.05. The first-order valence-corrected chi connectivity index (χ1v) is 10.5. The van der Waals surface area contributed by atoms with Gasteiger partial charge in [0.25, 0.3) is 5.91 Å². The van der Waals surface area contributed by atoms with Crippen LogP contribution < -0.4 is 10.6 Å². The summed E-state index contributed by atoms with van der Waals surface area (Å²) in [5, 5.41) is 8.30. The van der Waals surface area contributed by atoms with Crippen molar-refractivity contribution >= 4 is 52.9 Å². The highest BCUT2D eigenvalue weighted by atomic mass is 127. The summed E-state index contributed by atoms with van der Waals surface area (Å²) < 4.78 is 5.13. The first kappa shape index (κ1) is 23.9. The molecule has 0 spiro atoms. The maximum Gasteiger partial charge on any atom is 0.291 e. The number of carbonyl (C=O) groups excluding carboxylic acids is 1. The van der Waals surface area contributed by atoms with Crippen molar-refractivity contribution in [3.63, 3.8) is 0 Å². The van der Waals surface area contributed by atoms with Crippen LogP contribution in [0.2, 0.25) is 0 Å². The van der Waals surface area contributed by atoms with Crippen molar-refractivity contribution < 1.29 is 9.21 Å². The Balaban J connectivity index is 0.00000320. The Hall–Kier alpha value is -2.33. The lowest BCUT2D eigenvalue weighted by molar-refractivity contribution is 0.0996. The highest BCUT2D eigenvalue weighted by molar-refractivity contribution is 14.0. The number of rotatable bonds is 8. The number of hydrogen-bond acceptors (Lipinski definition) is 4. The maximum atomic E-state index is 12.1. The molecule has 0 saturated heterocycles. The Morgan fingerprint density at radius 3 is 2.77 bits per heavy atom. The van der Waals surface area contributed by atoms with Gasteiger partial charge in [-0.2, -0.15) is 0 Å². The van der Waals surface area contributed by atoms with Crippen LogP contribution in [0.4, 0.5) is 5.69 Å². The molecular weight excluding hydrogens is 511 g/mol. The minimum absolute atomic E-state index is 0. The first-order chi connectivity index (χ1) is 14.2. The van der Waals surface area contributed by atoms with E-state index in [1.165, 1.54) is 11.1 Å². The van der Waals surface area contributed by atoms with Crippen LogP contribution in [0.1, 0.15) is 27.9 Å². The van der Waals surface area contributed by atoms with Crippen LogP contribution >= 0.6 is 35.3 Å². The van der Waals surface area contributed by atoms with Gasteiger partial charge < -0.3 is 20.0 Å². The summed E-state index contributed by atoms with van der Waals surface area (Å²) in [4.78, 5) is 20.4. The molecule has 2 heterocycles. The van der Waals surface area contributed by atoms with E-state index >= 15 is 0 Å². The molecule has 0 aliphatic heterocycles. The van der Waals surface area contributed by atoms with E-state index in [0.29, 0.717) is 6.54 Å². The number of likely N-dealkylation sites (N-methyl/N-ethyl adjacent to an activating group) is 1. The van der Waals surface area contributed by atoms with Crippen molar-refractivity contribution in [2.24, 2.45) is 4.99 Å². The molecule has 1 aromatic carbocycles. The Labute approximate surface area is 198 Å². The molecule has 8 heteroatoms. The average Bonchev–Trinajstić information content (AvgIpc) is 3.44. The fraction of sp³-hybridized carbons (Fsp3) is 0.273. The van der Waals surface area contributed by atoms with Crippen LogP contribution in [-0.4, -0.2) is 36.9 Å². The smallest absolute Gasteiger partial charge is 0.291 e. The Morgan fingerprint density at radius 2 is 2.07 bits per heavy atom. The van der Waals surface area contributed by atoms with Crippen molar-refractivity contribution in [2.75, 3.05) is 25.5 Å². The van der Waals surface area contributed by atoms with E-state index in [2.05, 4.69) is 47.0 Å². The minimum Gasteiger partial charge on any atom is -0.459 e. The number of hydrogen-bond donors (Lipinski definition) is 2. The van der Waals surface area contributed by atoms with Crippen molar-refractivity contribution in [1.82, 2.24) is 10.2 Å². The van der Waals surface area contributed by atoms with E-state index in [4.69, 9.17) is 9.41 Å². The number of nitrogens with zero attached hydrogens (tertiary/aromatic N) is 2. The summed E-state index contributed by atoms with van der Waals surface area (Å²) in [6.07, 6.45) is 2.48. The topological polar surface area (TPSA) is 69.9 Å². The number of nitrogens with one attached hydrogen (secondary N) is 2. The van der Waals surface area contributed by atoms with Crippen LogP contribution in [0.15, 0.2) is 69.6 Å². The SMILES string of the molecule is CCNC(=NCc1cccc(NC(=O)c2ccco2)c1)N(C)CCc1cccs1.I. The summed E-state index contributed by atoms with van der Waals surface area (Å²) in [6.45, 7) is 4.29.